The Morgan fingerprint density at radius 3 is 2.69 bits per heavy atom. The molecule has 1 unspecified atom stereocenters. The van der Waals surface area contributed by atoms with Gasteiger partial charge in [-0.15, -0.1) is 0 Å². The van der Waals surface area contributed by atoms with E-state index in [0.717, 1.165) is 51.5 Å². The van der Waals surface area contributed by atoms with Crippen molar-refractivity contribution in [2.45, 2.75) is 39.2 Å². The van der Waals surface area contributed by atoms with Crippen LogP contribution in [0.3, 0.4) is 0 Å². The molecule has 1 aromatic carbocycles. The summed E-state index contributed by atoms with van der Waals surface area (Å²) in [6.07, 6.45) is 5.05. The molecule has 1 aromatic heterocycles. The number of likely N-dealkylation sites (tertiary alicyclic amines) is 2. The van der Waals surface area contributed by atoms with Gasteiger partial charge in [0, 0.05) is 31.6 Å². The molecule has 2 aliphatic rings. The van der Waals surface area contributed by atoms with Gasteiger partial charge < -0.3 is 9.32 Å². The summed E-state index contributed by atoms with van der Waals surface area (Å²) in [6.45, 7) is 5.65. The Kier molecular flexibility index (Phi) is 5.94. The maximum absolute atomic E-state index is 13.9. The zero-order valence-corrected chi connectivity index (χ0v) is 16.7. The van der Waals surface area contributed by atoms with E-state index in [1.807, 2.05) is 11.8 Å². The predicted octanol–water partition coefficient (Wildman–Crippen LogP) is 3.89. The molecule has 0 N–H and O–H groups in total. The van der Waals surface area contributed by atoms with Gasteiger partial charge in [-0.25, -0.2) is 13.8 Å². The molecule has 0 saturated carbocycles. The van der Waals surface area contributed by atoms with Gasteiger partial charge in [-0.3, -0.25) is 9.69 Å². The fraction of sp³-hybridized carbons (Fsp3) is 0.545. The maximum Gasteiger partial charge on any atom is 0.276 e. The Morgan fingerprint density at radius 2 is 1.93 bits per heavy atom. The quantitative estimate of drug-likeness (QED) is 0.760. The summed E-state index contributed by atoms with van der Waals surface area (Å²) in [7, 11) is 0. The minimum atomic E-state index is -0.786. The van der Waals surface area contributed by atoms with Crippen LogP contribution < -0.4 is 0 Å². The number of nitrogens with zero attached hydrogens (tertiary/aromatic N) is 3. The molecule has 2 saturated heterocycles. The smallest absolute Gasteiger partial charge is 0.276 e. The first-order chi connectivity index (χ1) is 14.1. The highest BCUT2D eigenvalue weighted by Gasteiger charge is 2.35. The van der Waals surface area contributed by atoms with Crippen LogP contribution in [0.1, 0.15) is 48.0 Å². The van der Waals surface area contributed by atoms with E-state index in [2.05, 4.69) is 9.88 Å². The van der Waals surface area contributed by atoms with Gasteiger partial charge in [0.1, 0.15) is 5.76 Å². The van der Waals surface area contributed by atoms with E-state index in [9.17, 15) is 13.6 Å². The van der Waals surface area contributed by atoms with Crippen molar-refractivity contribution in [1.29, 1.82) is 0 Å². The third-order valence-corrected chi connectivity index (χ3v) is 6.40. The van der Waals surface area contributed by atoms with Crippen LogP contribution in [-0.4, -0.2) is 46.9 Å². The zero-order chi connectivity index (χ0) is 20.4. The molecular weight excluding hydrogens is 376 g/mol. The van der Waals surface area contributed by atoms with Gasteiger partial charge in [-0.05, 0) is 50.3 Å². The second-order valence-electron chi connectivity index (χ2n) is 8.10. The SMILES string of the molecule is CCc1ocnc1C(=O)N1CCC(C2CCN(Cc3cccc(F)c3F)CC2)C1. The highest BCUT2D eigenvalue weighted by molar-refractivity contribution is 5.93. The first kappa shape index (κ1) is 20.0. The third-order valence-electron chi connectivity index (χ3n) is 6.40. The standard InChI is InChI=1S/C22H27F2N3O2/c1-2-19-21(25-14-29-19)22(28)27-11-8-16(13-27)15-6-9-26(10-7-15)12-17-4-3-5-18(23)20(17)24/h3-5,14-16H,2,6-13H2,1H3. The summed E-state index contributed by atoms with van der Waals surface area (Å²) < 4.78 is 32.6. The summed E-state index contributed by atoms with van der Waals surface area (Å²) in [4.78, 5) is 21.0. The van der Waals surface area contributed by atoms with Gasteiger partial charge in [-0.2, -0.15) is 0 Å². The number of oxazole rings is 1. The molecule has 1 atom stereocenters. The molecule has 1 amide bonds. The summed E-state index contributed by atoms with van der Waals surface area (Å²) in [5.41, 5.74) is 0.862. The number of benzene rings is 1. The number of aryl methyl sites for hydroxylation is 1. The van der Waals surface area contributed by atoms with Gasteiger partial charge in [0.2, 0.25) is 0 Å². The second-order valence-corrected chi connectivity index (χ2v) is 8.10. The number of amides is 1. The molecule has 5 nitrogen and oxygen atoms in total. The highest BCUT2D eigenvalue weighted by atomic mass is 19.2. The number of carbonyl (C=O) groups is 1. The van der Waals surface area contributed by atoms with Gasteiger partial charge in [0.05, 0.1) is 0 Å². The van der Waals surface area contributed by atoms with Crippen molar-refractivity contribution in [3.05, 3.63) is 53.2 Å². The monoisotopic (exact) mass is 403 g/mol. The largest absolute Gasteiger partial charge is 0.448 e. The van der Waals surface area contributed by atoms with Crippen LogP contribution >= 0.6 is 0 Å². The van der Waals surface area contributed by atoms with E-state index < -0.39 is 11.6 Å². The van der Waals surface area contributed by atoms with E-state index in [1.54, 1.807) is 12.1 Å². The molecule has 7 heteroatoms. The number of hydrogen-bond acceptors (Lipinski definition) is 4. The van der Waals surface area contributed by atoms with Crippen molar-refractivity contribution in [2.24, 2.45) is 11.8 Å². The number of halogens is 2. The van der Waals surface area contributed by atoms with Gasteiger partial charge in [-0.1, -0.05) is 19.1 Å². The summed E-state index contributed by atoms with van der Waals surface area (Å²) in [5, 5.41) is 0. The minimum absolute atomic E-state index is 0.0304. The van der Waals surface area contributed by atoms with Crippen molar-refractivity contribution in [1.82, 2.24) is 14.8 Å². The van der Waals surface area contributed by atoms with Crippen LogP contribution in [0.4, 0.5) is 8.78 Å². The van der Waals surface area contributed by atoms with Crippen molar-refractivity contribution >= 4 is 5.91 Å². The van der Waals surface area contributed by atoms with Crippen LogP contribution in [0.2, 0.25) is 0 Å². The van der Waals surface area contributed by atoms with Crippen LogP contribution in [-0.2, 0) is 13.0 Å². The molecular formula is C22H27F2N3O2. The highest BCUT2D eigenvalue weighted by Crippen LogP contribution is 2.33. The van der Waals surface area contributed by atoms with E-state index in [-0.39, 0.29) is 5.91 Å². The number of aromatic nitrogens is 1. The van der Waals surface area contributed by atoms with E-state index in [4.69, 9.17) is 4.42 Å². The third kappa shape index (κ3) is 4.20. The summed E-state index contributed by atoms with van der Waals surface area (Å²) in [5.74, 6) is 0.145. The molecule has 0 bridgehead atoms. The molecule has 2 fully saturated rings. The Hall–Kier alpha value is -2.28. The zero-order valence-electron chi connectivity index (χ0n) is 16.7. The Morgan fingerprint density at radius 1 is 1.17 bits per heavy atom. The van der Waals surface area contributed by atoms with Crippen LogP contribution in [0.25, 0.3) is 0 Å². The Balaban J connectivity index is 1.29. The molecule has 3 heterocycles. The lowest BCUT2D eigenvalue weighted by molar-refractivity contribution is 0.0765. The van der Waals surface area contributed by atoms with Crippen LogP contribution in [0.5, 0.6) is 0 Å². The number of carbonyl (C=O) groups excluding carboxylic acids is 1. The number of hydrogen-bond donors (Lipinski definition) is 0. The van der Waals surface area contributed by atoms with E-state index in [0.29, 0.717) is 41.8 Å². The molecule has 0 aliphatic carbocycles. The Labute approximate surface area is 169 Å². The molecule has 0 spiro atoms. The van der Waals surface area contributed by atoms with E-state index in [1.165, 1.54) is 6.39 Å². The molecule has 156 valence electrons. The topological polar surface area (TPSA) is 49.6 Å². The first-order valence-corrected chi connectivity index (χ1v) is 10.4. The van der Waals surface area contributed by atoms with E-state index >= 15 is 0 Å². The molecule has 29 heavy (non-hydrogen) atoms. The maximum atomic E-state index is 13.9. The molecule has 2 aliphatic heterocycles. The molecule has 4 rings (SSSR count). The first-order valence-electron chi connectivity index (χ1n) is 10.4. The summed E-state index contributed by atoms with van der Waals surface area (Å²) >= 11 is 0. The van der Waals surface area contributed by atoms with Crippen LogP contribution in [0.15, 0.2) is 29.0 Å². The van der Waals surface area contributed by atoms with Crippen molar-refractivity contribution < 1.29 is 18.0 Å². The Bertz CT molecular complexity index is 861. The fourth-order valence-corrected chi connectivity index (χ4v) is 4.70. The average molecular weight is 403 g/mol. The lowest BCUT2D eigenvalue weighted by Gasteiger charge is -2.34. The van der Waals surface area contributed by atoms with Crippen molar-refractivity contribution in [3.63, 3.8) is 0 Å². The minimum Gasteiger partial charge on any atom is -0.448 e. The van der Waals surface area contributed by atoms with Gasteiger partial charge in [0.25, 0.3) is 5.91 Å². The fourth-order valence-electron chi connectivity index (χ4n) is 4.70. The average Bonchev–Trinajstić information content (AvgIpc) is 3.41. The van der Waals surface area contributed by atoms with Crippen LogP contribution in [0, 0.1) is 23.5 Å². The molecule has 2 aromatic rings. The van der Waals surface area contributed by atoms with Gasteiger partial charge in [0.15, 0.2) is 23.7 Å². The second kappa shape index (κ2) is 8.61. The number of piperidine rings is 1. The van der Waals surface area contributed by atoms with Gasteiger partial charge >= 0.3 is 0 Å². The lowest BCUT2D eigenvalue weighted by atomic mass is 9.83. The van der Waals surface area contributed by atoms with Crippen molar-refractivity contribution in [2.75, 3.05) is 26.2 Å². The predicted molar refractivity (Wildman–Crippen MR) is 104 cm³/mol. The lowest BCUT2D eigenvalue weighted by Crippen LogP contribution is -2.37. The number of rotatable bonds is 5. The van der Waals surface area contributed by atoms with Crippen molar-refractivity contribution in [3.8, 4) is 0 Å². The normalized spacial score (nSPS) is 21.1. The summed E-state index contributed by atoms with van der Waals surface area (Å²) in [6, 6.07) is 4.36. The molecule has 0 radical (unpaired) electrons.